The van der Waals surface area contributed by atoms with Crippen molar-refractivity contribution in [3.63, 3.8) is 0 Å². The first-order valence-electron chi connectivity index (χ1n) is 6.15. The number of sulfonamides is 1. The highest BCUT2D eigenvalue weighted by Gasteiger charge is 2.34. The van der Waals surface area contributed by atoms with Gasteiger partial charge in [0, 0.05) is 11.9 Å². The molecule has 0 aliphatic heterocycles. The lowest BCUT2D eigenvalue weighted by atomic mass is 9.93. The number of aliphatic hydroxyl groups excluding tert-OH is 1. The van der Waals surface area contributed by atoms with E-state index in [0.29, 0.717) is 10.6 Å². The molecular formula is C12H19NO3S2. The average molecular weight is 289 g/mol. The summed E-state index contributed by atoms with van der Waals surface area (Å²) in [6, 6.07) is 3.16. The molecule has 1 N–H and O–H groups in total. The van der Waals surface area contributed by atoms with E-state index in [0.717, 1.165) is 24.1 Å². The Morgan fingerprint density at radius 2 is 2.00 bits per heavy atom. The summed E-state index contributed by atoms with van der Waals surface area (Å²) in [7, 11) is -1.89. The summed E-state index contributed by atoms with van der Waals surface area (Å²) in [5.41, 5.74) is 0. The van der Waals surface area contributed by atoms with Crippen molar-refractivity contribution in [2.24, 2.45) is 0 Å². The predicted octanol–water partition coefficient (Wildman–Crippen LogP) is 1.98. The molecule has 1 aromatic heterocycles. The van der Waals surface area contributed by atoms with Crippen molar-refractivity contribution in [3.8, 4) is 0 Å². The second-order valence-electron chi connectivity index (χ2n) is 4.81. The molecule has 1 aliphatic carbocycles. The van der Waals surface area contributed by atoms with E-state index in [1.807, 2.05) is 13.0 Å². The fourth-order valence-corrected chi connectivity index (χ4v) is 5.27. The minimum absolute atomic E-state index is 0.286. The summed E-state index contributed by atoms with van der Waals surface area (Å²) < 4.78 is 26.5. The quantitative estimate of drug-likeness (QED) is 0.925. The predicted molar refractivity (Wildman–Crippen MR) is 72.3 cm³/mol. The normalized spacial score (nSPS) is 25.6. The van der Waals surface area contributed by atoms with Crippen LogP contribution in [-0.4, -0.2) is 37.0 Å². The van der Waals surface area contributed by atoms with E-state index in [4.69, 9.17) is 0 Å². The fraction of sp³-hybridized carbons (Fsp3) is 0.667. The highest BCUT2D eigenvalue weighted by atomic mass is 32.2. The standard InChI is InChI=1S/C12H19NO3S2/c1-9-7-8-12(17-9)18(15,16)13(2)10-5-3-4-6-11(10)14/h7-8,10-11,14H,3-6H2,1-2H3. The molecule has 1 saturated carbocycles. The Bertz CT molecular complexity index is 509. The van der Waals surface area contributed by atoms with Gasteiger partial charge in [0.1, 0.15) is 4.21 Å². The molecule has 2 atom stereocenters. The maximum absolute atomic E-state index is 12.4. The maximum atomic E-state index is 12.4. The molecule has 1 aromatic rings. The van der Waals surface area contributed by atoms with Gasteiger partial charge in [-0.1, -0.05) is 12.8 Å². The van der Waals surface area contributed by atoms with Crippen LogP contribution in [0.1, 0.15) is 30.6 Å². The van der Waals surface area contributed by atoms with Crippen LogP contribution in [0.4, 0.5) is 0 Å². The second-order valence-corrected chi connectivity index (χ2v) is 8.32. The van der Waals surface area contributed by atoms with E-state index in [2.05, 4.69) is 0 Å². The SMILES string of the molecule is Cc1ccc(S(=O)(=O)N(C)C2CCCCC2O)s1. The number of hydrogen-bond donors (Lipinski definition) is 1. The van der Waals surface area contributed by atoms with Crippen LogP contribution in [0.3, 0.4) is 0 Å². The summed E-state index contributed by atoms with van der Waals surface area (Å²) in [4.78, 5) is 0.978. The Morgan fingerprint density at radius 1 is 1.33 bits per heavy atom. The lowest BCUT2D eigenvalue weighted by Gasteiger charge is -2.34. The Balaban J connectivity index is 2.24. The summed E-state index contributed by atoms with van der Waals surface area (Å²) in [6.07, 6.45) is 2.84. The molecule has 0 aromatic carbocycles. The van der Waals surface area contributed by atoms with Crippen LogP contribution in [0.25, 0.3) is 0 Å². The van der Waals surface area contributed by atoms with E-state index in [1.165, 1.54) is 15.6 Å². The van der Waals surface area contributed by atoms with Gasteiger partial charge in [0.25, 0.3) is 10.0 Å². The van der Waals surface area contributed by atoms with E-state index >= 15 is 0 Å². The third-order valence-corrected chi connectivity index (χ3v) is 6.86. The molecule has 1 aliphatic rings. The molecule has 2 rings (SSSR count). The molecule has 18 heavy (non-hydrogen) atoms. The number of hydrogen-bond acceptors (Lipinski definition) is 4. The van der Waals surface area contributed by atoms with Crippen molar-refractivity contribution < 1.29 is 13.5 Å². The molecule has 0 saturated heterocycles. The van der Waals surface area contributed by atoms with Crippen molar-refractivity contribution in [2.45, 2.75) is 49.0 Å². The zero-order valence-corrected chi connectivity index (χ0v) is 12.3. The van der Waals surface area contributed by atoms with Crippen LogP contribution in [0.2, 0.25) is 0 Å². The zero-order valence-electron chi connectivity index (χ0n) is 10.7. The van der Waals surface area contributed by atoms with Gasteiger partial charge in [-0.2, -0.15) is 4.31 Å². The van der Waals surface area contributed by atoms with Gasteiger partial charge in [-0.15, -0.1) is 11.3 Å². The van der Waals surface area contributed by atoms with Crippen LogP contribution >= 0.6 is 11.3 Å². The number of aliphatic hydroxyl groups is 1. The van der Waals surface area contributed by atoms with E-state index < -0.39 is 16.1 Å². The zero-order chi connectivity index (χ0) is 13.3. The van der Waals surface area contributed by atoms with Gasteiger partial charge >= 0.3 is 0 Å². The monoisotopic (exact) mass is 289 g/mol. The summed E-state index contributed by atoms with van der Waals surface area (Å²) in [5, 5.41) is 9.95. The number of thiophene rings is 1. The first kappa shape index (κ1) is 14.0. The van der Waals surface area contributed by atoms with Crippen molar-refractivity contribution >= 4 is 21.4 Å². The van der Waals surface area contributed by atoms with Crippen molar-refractivity contribution in [1.29, 1.82) is 0 Å². The molecule has 102 valence electrons. The molecular weight excluding hydrogens is 270 g/mol. The third-order valence-electron chi connectivity index (χ3n) is 3.51. The fourth-order valence-electron chi connectivity index (χ4n) is 2.39. The van der Waals surface area contributed by atoms with Gasteiger partial charge in [0.2, 0.25) is 0 Å². The molecule has 2 unspecified atom stereocenters. The van der Waals surface area contributed by atoms with Crippen LogP contribution in [0.15, 0.2) is 16.3 Å². The van der Waals surface area contributed by atoms with Gasteiger partial charge in [-0.25, -0.2) is 8.42 Å². The summed E-state index contributed by atoms with van der Waals surface area (Å²) in [6.45, 7) is 1.89. The van der Waals surface area contributed by atoms with Crippen LogP contribution < -0.4 is 0 Å². The van der Waals surface area contributed by atoms with E-state index in [-0.39, 0.29) is 6.04 Å². The minimum Gasteiger partial charge on any atom is -0.391 e. The number of likely N-dealkylation sites (N-methyl/N-ethyl adjacent to an activating group) is 1. The molecule has 0 amide bonds. The highest BCUT2D eigenvalue weighted by Crippen LogP contribution is 2.29. The Morgan fingerprint density at radius 3 is 2.56 bits per heavy atom. The number of nitrogens with zero attached hydrogens (tertiary/aromatic N) is 1. The lowest BCUT2D eigenvalue weighted by Crippen LogP contribution is -2.45. The molecule has 1 heterocycles. The molecule has 0 radical (unpaired) electrons. The van der Waals surface area contributed by atoms with Gasteiger partial charge in [-0.3, -0.25) is 0 Å². The Hall–Kier alpha value is -0.430. The number of aryl methyl sites for hydroxylation is 1. The third kappa shape index (κ3) is 2.61. The first-order valence-corrected chi connectivity index (χ1v) is 8.41. The average Bonchev–Trinajstić information content (AvgIpc) is 2.76. The van der Waals surface area contributed by atoms with Crippen LogP contribution in [-0.2, 0) is 10.0 Å². The van der Waals surface area contributed by atoms with E-state index in [1.54, 1.807) is 13.1 Å². The van der Waals surface area contributed by atoms with Gasteiger partial charge < -0.3 is 5.11 Å². The van der Waals surface area contributed by atoms with Crippen LogP contribution in [0.5, 0.6) is 0 Å². The molecule has 0 bridgehead atoms. The Labute approximate surface area is 112 Å². The van der Waals surface area contributed by atoms with Crippen molar-refractivity contribution in [2.75, 3.05) is 7.05 Å². The van der Waals surface area contributed by atoms with Gasteiger partial charge in [-0.05, 0) is 31.9 Å². The van der Waals surface area contributed by atoms with Crippen molar-refractivity contribution in [1.82, 2.24) is 4.31 Å². The lowest BCUT2D eigenvalue weighted by molar-refractivity contribution is 0.0638. The highest BCUT2D eigenvalue weighted by molar-refractivity contribution is 7.91. The van der Waals surface area contributed by atoms with Crippen molar-refractivity contribution in [3.05, 3.63) is 17.0 Å². The summed E-state index contributed by atoms with van der Waals surface area (Å²) >= 11 is 1.28. The smallest absolute Gasteiger partial charge is 0.252 e. The molecule has 0 spiro atoms. The first-order chi connectivity index (χ1) is 8.43. The topological polar surface area (TPSA) is 57.6 Å². The molecule has 4 nitrogen and oxygen atoms in total. The second kappa shape index (κ2) is 5.28. The van der Waals surface area contributed by atoms with Gasteiger partial charge in [0.05, 0.1) is 12.1 Å². The maximum Gasteiger partial charge on any atom is 0.252 e. The van der Waals surface area contributed by atoms with E-state index in [9.17, 15) is 13.5 Å². The molecule has 1 fully saturated rings. The largest absolute Gasteiger partial charge is 0.391 e. The van der Waals surface area contributed by atoms with Crippen LogP contribution in [0, 0.1) is 6.92 Å². The number of rotatable bonds is 3. The minimum atomic E-state index is -3.46. The molecule has 6 heteroatoms. The summed E-state index contributed by atoms with van der Waals surface area (Å²) in [5.74, 6) is 0. The Kier molecular flexibility index (Phi) is 4.11. The van der Waals surface area contributed by atoms with Gasteiger partial charge in [0.15, 0.2) is 0 Å².